The normalized spacial score (nSPS) is 24.0. The lowest BCUT2D eigenvalue weighted by atomic mass is 9.97. The second kappa shape index (κ2) is 4.44. The molecule has 1 aliphatic heterocycles. The lowest BCUT2D eigenvalue weighted by Gasteiger charge is -2.11. The molecular formula is C10H5Cl3FNO2. The standard InChI is InChI=1S/C10H5Cl3FNO2/c11-4-1-3(2-5(12)8(4)14)6-7(13)10(17)15-9(6)16/h1-2,6-7H,(H,15,16,17). The fourth-order valence-corrected chi connectivity index (χ4v) is 2.45. The van der Waals surface area contributed by atoms with E-state index >= 15 is 0 Å². The minimum absolute atomic E-state index is 0.219. The molecule has 1 fully saturated rings. The molecule has 0 spiro atoms. The molecule has 0 aliphatic carbocycles. The maximum atomic E-state index is 13.2. The predicted molar refractivity (Wildman–Crippen MR) is 62.0 cm³/mol. The van der Waals surface area contributed by atoms with E-state index in [1.807, 2.05) is 0 Å². The number of alkyl halides is 1. The molecule has 1 aromatic carbocycles. The van der Waals surface area contributed by atoms with Crippen molar-refractivity contribution in [3.8, 4) is 0 Å². The van der Waals surface area contributed by atoms with Crippen molar-refractivity contribution in [1.29, 1.82) is 0 Å². The van der Waals surface area contributed by atoms with E-state index in [1.54, 1.807) is 0 Å². The quantitative estimate of drug-likeness (QED) is 0.492. The first-order valence-corrected chi connectivity index (χ1v) is 5.74. The van der Waals surface area contributed by atoms with Crippen LogP contribution in [0, 0.1) is 5.82 Å². The maximum absolute atomic E-state index is 13.2. The van der Waals surface area contributed by atoms with Crippen LogP contribution in [-0.4, -0.2) is 17.2 Å². The summed E-state index contributed by atoms with van der Waals surface area (Å²) in [5.41, 5.74) is 0.310. The number of hydrogen-bond donors (Lipinski definition) is 1. The summed E-state index contributed by atoms with van der Waals surface area (Å²) >= 11 is 17.0. The molecule has 1 aromatic rings. The third-order valence-corrected chi connectivity index (χ3v) is 3.44. The summed E-state index contributed by atoms with van der Waals surface area (Å²) in [6.07, 6.45) is 0. The zero-order valence-electron chi connectivity index (χ0n) is 8.14. The molecule has 1 heterocycles. The van der Waals surface area contributed by atoms with Crippen LogP contribution in [-0.2, 0) is 9.59 Å². The molecule has 2 rings (SSSR count). The van der Waals surface area contributed by atoms with E-state index in [2.05, 4.69) is 5.32 Å². The van der Waals surface area contributed by atoms with Gasteiger partial charge >= 0.3 is 0 Å². The number of imide groups is 1. The third-order valence-electron chi connectivity index (χ3n) is 2.44. The van der Waals surface area contributed by atoms with Crippen molar-refractivity contribution >= 4 is 46.6 Å². The average Bonchev–Trinajstić information content (AvgIpc) is 2.49. The summed E-state index contributed by atoms with van der Waals surface area (Å²) in [6, 6.07) is 2.47. The Morgan fingerprint density at radius 1 is 1.12 bits per heavy atom. The SMILES string of the molecule is O=C1NC(=O)C(c2cc(Cl)c(F)c(Cl)c2)C1Cl. The minimum atomic E-state index is -1.04. The van der Waals surface area contributed by atoms with Crippen LogP contribution in [0.15, 0.2) is 12.1 Å². The lowest BCUT2D eigenvalue weighted by Crippen LogP contribution is -2.22. The highest BCUT2D eigenvalue weighted by Crippen LogP contribution is 2.34. The van der Waals surface area contributed by atoms with E-state index in [-0.39, 0.29) is 10.0 Å². The van der Waals surface area contributed by atoms with Crippen molar-refractivity contribution in [3.05, 3.63) is 33.6 Å². The molecule has 0 saturated carbocycles. The summed E-state index contributed by atoms with van der Waals surface area (Å²) in [7, 11) is 0. The van der Waals surface area contributed by atoms with Gasteiger partial charge in [0.25, 0.3) is 0 Å². The number of carbonyl (C=O) groups excluding carboxylic acids is 2. The highest BCUT2D eigenvalue weighted by atomic mass is 35.5. The van der Waals surface area contributed by atoms with Crippen LogP contribution in [0.1, 0.15) is 11.5 Å². The van der Waals surface area contributed by atoms with Crippen molar-refractivity contribution in [2.24, 2.45) is 0 Å². The van der Waals surface area contributed by atoms with Crippen LogP contribution < -0.4 is 5.32 Å². The number of benzene rings is 1. The molecule has 1 N–H and O–H groups in total. The molecule has 1 saturated heterocycles. The number of halogens is 4. The Morgan fingerprint density at radius 3 is 2.06 bits per heavy atom. The molecular weight excluding hydrogens is 291 g/mol. The fraction of sp³-hybridized carbons (Fsp3) is 0.200. The summed E-state index contributed by atoms with van der Waals surface area (Å²) < 4.78 is 13.2. The Kier molecular flexibility index (Phi) is 3.30. The van der Waals surface area contributed by atoms with Crippen LogP contribution in [0.2, 0.25) is 10.0 Å². The van der Waals surface area contributed by atoms with Crippen LogP contribution in [0.3, 0.4) is 0 Å². The zero-order valence-corrected chi connectivity index (χ0v) is 10.4. The first-order valence-electron chi connectivity index (χ1n) is 4.55. The van der Waals surface area contributed by atoms with Crippen molar-refractivity contribution in [2.45, 2.75) is 11.3 Å². The molecule has 17 heavy (non-hydrogen) atoms. The average molecular weight is 297 g/mol. The third kappa shape index (κ3) is 2.12. The summed E-state index contributed by atoms with van der Waals surface area (Å²) in [5, 5.41) is 0.599. The number of rotatable bonds is 1. The summed E-state index contributed by atoms with van der Waals surface area (Å²) in [4.78, 5) is 22.7. The first kappa shape index (κ1) is 12.6. The Bertz CT molecular complexity index is 497. The van der Waals surface area contributed by atoms with Crippen molar-refractivity contribution in [3.63, 3.8) is 0 Å². The van der Waals surface area contributed by atoms with Gasteiger partial charge in [-0.2, -0.15) is 0 Å². The summed E-state index contributed by atoms with van der Waals surface area (Å²) in [6.45, 7) is 0. The molecule has 2 unspecified atom stereocenters. The van der Waals surface area contributed by atoms with E-state index in [0.717, 1.165) is 0 Å². The van der Waals surface area contributed by atoms with E-state index in [0.29, 0.717) is 5.56 Å². The van der Waals surface area contributed by atoms with Gasteiger partial charge in [-0.05, 0) is 17.7 Å². The number of amides is 2. The van der Waals surface area contributed by atoms with Gasteiger partial charge in [0.15, 0.2) is 5.82 Å². The van der Waals surface area contributed by atoms with Gasteiger partial charge < -0.3 is 0 Å². The molecule has 7 heteroatoms. The van der Waals surface area contributed by atoms with Crippen LogP contribution in [0.25, 0.3) is 0 Å². The van der Waals surface area contributed by atoms with Crippen molar-refractivity contribution in [1.82, 2.24) is 5.32 Å². The van der Waals surface area contributed by atoms with Gasteiger partial charge in [0.05, 0.1) is 16.0 Å². The highest BCUT2D eigenvalue weighted by molar-refractivity contribution is 6.37. The van der Waals surface area contributed by atoms with Crippen molar-refractivity contribution < 1.29 is 14.0 Å². The van der Waals surface area contributed by atoms with E-state index in [1.165, 1.54) is 12.1 Å². The topological polar surface area (TPSA) is 46.2 Å². The Hall–Kier alpha value is -0.840. The maximum Gasteiger partial charge on any atom is 0.245 e. The second-order valence-corrected chi connectivity index (χ2v) is 4.82. The van der Waals surface area contributed by atoms with Gasteiger partial charge in [-0.25, -0.2) is 4.39 Å². The molecule has 2 amide bonds. The van der Waals surface area contributed by atoms with Crippen LogP contribution in [0.4, 0.5) is 4.39 Å². The van der Waals surface area contributed by atoms with E-state index < -0.39 is 28.9 Å². The molecule has 1 aliphatic rings. The second-order valence-electron chi connectivity index (χ2n) is 3.53. The molecule has 90 valence electrons. The minimum Gasteiger partial charge on any atom is -0.295 e. The van der Waals surface area contributed by atoms with Crippen LogP contribution >= 0.6 is 34.8 Å². The molecule has 0 radical (unpaired) electrons. The summed E-state index contributed by atoms with van der Waals surface area (Å²) in [5.74, 6) is -2.81. The molecule has 0 aromatic heterocycles. The van der Waals surface area contributed by atoms with Crippen molar-refractivity contribution in [2.75, 3.05) is 0 Å². The molecule has 0 bridgehead atoms. The lowest BCUT2D eigenvalue weighted by molar-refractivity contribution is -0.125. The van der Waals surface area contributed by atoms with Gasteiger partial charge in [-0.3, -0.25) is 14.9 Å². The first-order chi connectivity index (χ1) is 7.91. The van der Waals surface area contributed by atoms with Gasteiger partial charge in [-0.15, -0.1) is 11.6 Å². The van der Waals surface area contributed by atoms with Gasteiger partial charge in [0.1, 0.15) is 5.38 Å². The predicted octanol–water partition coefficient (Wildman–Crippen LogP) is 2.48. The van der Waals surface area contributed by atoms with Gasteiger partial charge in [0.2, 0.25) is 11.8 Å². The fourth-order valence-electron chi connectivity index (χ4n) is 1.63. The van der Waals surface area contributed by atoms with E-state index in [4.69, 9.17) is 34.8 Å². The molecule has 2 atom stereocenters. The monoisotopic (exact) mass is 295 g/mol. The smallest absolute Gasteiger partial charge is 0.245 e. The number of carbonyl (C=O) groups is 2. The number of nitrogens with one attached hydrogen (secondary N) is 1. The van der Waals surface area contributed by atoms with Crippen LogP contribution in [0.5, 0.6) is 0 Å². The Balaban J connectivity index is 2.48. The molecule has 3 nitrogen and oxygen atoms in total. The number of hydrogen-bond acceptors (Lipinski definition) is 2. The largest absolute Gasteiger partial charge is 0.295 e. The highest BCUT2D eigenvalue weighted by Gasteiger charge is 2.41. The Labute approximate surface area is 111 Å². The Morgan fingerprint density at radius 2 is 1.65 bits per heavy atom. The van der Waals surface area contributed by atoms with E-state index in [9.17, 15) is 14.0 Å². The zero-order chi connectivity index (χ0) is 12.7. The van der Waals surface area contributed by atoms with Gasteiger partial charge in [0, 0.05) is 0 Å². The van der Waals surface area contributed by atoms with Gasteiger partial charge in [-0.1, -0.05) is 23.2 Å².